The molecule has 1 N–H and O–H groups in total. The lowest BCUT2D eigenvalue weighted by atomic mass is 9.85. The molecule has 4 rings (SSSR count). The zero-order chi connectivity index (χ0) is 18.3. The minimum absolute atomic E-state index is 0.0713. The minimum atomic E-state index is -0.834. The van der Waals surface area contributed by atoms with Gasteiger partial charge in [0.15, 0.2) is 0 Å². The Balaban J connectivity index is 1.54. The van der Waals surface area contributed by atoms with Crippen molar-refractivity contribution in [3.05, 3.63) is 58.4 Å². The first-order chi connectivity index (χ1) is 12.5. The molecule has 0 aliphatic carbocycles. The van der Waals surface area contributed by atoms with E-state index in [4.69, 9.17) is 0 Å². The molecule has 1 atom stereocenters. The smallest absolute Gasteiger partial charge is 0.265 e. The molecule has 26 heavy (non-hydrogen) atoms. The molecule has 2 aromatic heterocycles. The molecule has 1 aliphatic rings. The second-order valence-electron chi connectivity index (χ2n) is 6.78. The van der Waals surface area contributed by atoms with Gasteiger partial charge in [0.05, 0.1) is 22.3 Å². The number of nitrogens with one attached hydrogen (secondary N) is 1. The number of hydrogen-bond acceptors (Lipinski definition) is 4. The molecule has 0 radical (unpaired) electrons. The molecule has 1 unspecified atom stereocenters. The first-order valence-corrected chi connectivity index (χ1v) is 9.39. The van der Waals surface area contributed by atoms with Crippen molar-refractivity contribution in [3.8, 4) is 0 Å². The van der Waals surface area contributed by atoms with Gasteiger partial charge in [0.2, 0.25) is 5.91 Å². The average Bonchev–Trinajstić information content (AvgIpc) is 3.06. The summed E-state index contributed by atoms with van der Waals surface area (Å²) in [6, 6.07) is 11.6. The van der Waals surface area contributed by atoms with Crippen molar-refractivity contribution in [3.63, 3.8) is 0 Å². The Hall–Kier alpha value is -2.73. The van der Waals surface area contributed by atoms with Crippen LogP contribution >= 0.6 is 11.3 Å². The Morgan fingerprint density at radius 1 is 1.27 bits per heavy atom. The molecule has 0 spiro atoms. The van der Waals surface area contributed by atoms with Crippen LogP contribution in [0.5, 0.6) is 0 Å². The van der Waals surface area contributed by atoms with Gasteiger partial charge in [0.25, 0.3) is 5.91 Å². The topological polar surface area (TPSA) is 62.3 Å². The van der Waals surface area contributed by atoms with Gasteiger partial charge in [-0.3, -0.25) is 14.6 Å². The Morgan fingerprint density at radius 2 is 2.08 bits per heavy atom. The van der Waals surface area contributed by atoms with Crippen LogP contribution in [0.4, 0.5) is 5.69 Å². The molecule has 1 saturated heterocycles. The number of benzene rings is 1. The van der Waals surface area contributed by atoms with Gasteiger partial charge >= 0.3 is 0 Å². The Kier molecular flexibility index (Phi) is 4.00. The van der Waals surface area contributed by atoms with Crippen molar-refractivity contribution in [2.75, 3.05) is 11.9 Å². The predicted octanol–water partition coefficient (Wildman–Crippen LogP) is 3.85. The maximum atomic E-state index is 12.9. The second kappa shape index (κ2) is 6.21. The number of aryl methyl sites for hydroxylation is 1. The van der Waals surface area contributed by atoms with Crippen molar-refractivity contribution in [2.45, 2.75) is 25.8 Å². The van der Waals surface area contributed by atoms with Crippen molar-refractivity contribution in [1.29, 1.82) is 0 Å². The van der Waals surface area contributed by atoms with Crippen LogP contribution in [0.25, 0.3) is 10.9 Å². The summed E-state index contributed by atoms with van der Waals surface area (Å²) in [5.41, 5.74) is 1.64. The van der Waals surface area contributed by atoms with E-state index in [2.05, 4.69) is 10.3 Å². The molecule has 3 aromatic rings. The Morgan fingerprint density at radius 3 is 2.77 bits per heavy atom. The third kappa shape index (κ3) is 2.66. The van der Waals surface area contributed by atoms with Gasteiger partial charge in [-0.15, -0.1) is 11.3 Å². The van der Waals surface area contributed by atoms with Crippen molar-refractivity contribution in [2.24, 2.45) is 0 Å². The minimum Gasteiger partial charge on any atom is -0.323 e. The average molecular weight is 365 g/mol. The summed E-state index contributed by atoms with van der Waals surface area (Å²) < 4.78 is 0. The molecule has 1 aromatic carbocycles. The van der Waals surface area contributed by atoms with Crippen LogP contribution in [0.15, 0.2) is 48.0 Å². The molecule has 1 aliphatic heterocycles. The number of nitrogens with zero attached hydrogens (tertiary/aromatic N) is 2. The number of thiophene rings is 1. The molecule has 1 fully saturated rings. The van der Waals surface area contributed by atoms with E-state index in [9.17, 15) is 9.59 Å². The summed E-state index contributed by atoms with van der Waals surface area (Å²) >= 11 is 1.42. The molecular weight excluding hydrogens is 346 g/mol. The second-order valence-corrected chi connectivity index (χ2v) is 7.70. The Bertz CT molecular complexity index is 1010. The van der Waals surface area contributed by atoms with Crippen LogP contribution in [-0.2, 0) is 4.79 Å². The standard InChI is InChI=1S/C20H19N3O2S/c1-13-7-10-26-17(13)18(24)23-9-8-20(23,2)19(25)22-15-11-14-5-3-4-6-16(14)21-12-15/h3-7,10-12H,8-9H2,1-2H3,(H,22,25). The van der Waals surface area contributed by atoms with Crippen molar-refractivity contribution in [1.82, 2.24) is 9.88 Å². The van der Waals surface area contributed by atoms with Crippen LogP contribution in [0, 0.1) is 6.92 Å². The van der Waals surface area contributed by atoms with Crippen LogP contribution in [0.1, 0.15) is 28.6 Å². The number of carbonyl (C=O) groups excluding carboxylic acids is 2. The number of fused-ring (bicyclic) bond motifs is 1. The number of anilines is 1. The molecule has 5 nitrogen and oxygen atoms in total. The van der Waals surface area contributed by atoms with Crippen LogP contribution < -0.4 is 5.32 Å². The zero-order valence-electron chi connectivity index (χ0n) is 14.7. The highest BCUT2D eigenvalue weighted by molar-refractivity contribution is 7.12. The summed E-state index contributed by atoms with van der Waals surface area (Å²) in [5.74, 6) is -0.249. The molecular formula is C20H19N3O2S. The normalized spacial score (nSPS) is 19.2. The largest absolute Gasteiger partial charge is 0.323 e. The number of pyridine rings is 1. The fourth-order valence-corrected chi connectivity index (χ4v) is 4.11. The first-order valence-electron chi connectivity index (χ1n) is 8.51. The van der Waals surface area contributed by atoms with Gasteiger partial charge in [0, 0.05) is 11.9 Å². The van der Waals surface area contributed by atoms with E-state index < -0.39 is 5.54 Å². The Labute approximate surface area is 155 Å². The van der Waals surface area contributed by atoms with Gasteiger partial charge in [-0.05, 0) is 49.4 Å². The highest BCUT2D eigenvalue weighted by Crippen LogP contribution is 2.34. The third-order valence-electron chi connectivity index (χ3n) is 5.06. The number of hydrogen-bond donors (Lipinski definition) is 1. The molecule has 6 heteroatoms. The van der Waals surface area contributed by atoms with Gasteiger partial charge < -0.3 is 10.2 Å². The SMILES string of the molecule is Cc1ccsc1C(=O)N1CCC1(C)C(=O)Nc1cnc2ccccc2c1. The van der Waals surface area contributed by atoms with E-state index in [1.54, 1.807) is 11.1 Å². The number of aromatic nitrogens is 1. The van der Waals surface area contributed by atoms with Gasteiger partial charge in [-0.1, -0.05) is 18.2 Å². The lowest BCUT2D eigenvalue weighted by molar-refractivity contribution is -0.132. The number of amides is 2. The lowest BCUT2D eigenvalue weighted by Crippen LogP contribution is -2.66. The van der Waals surface area contributed by atoms with Gasteiger partial charge in [-0.2, -0.15) is 0 Å². The number of para-hydroxylation sites is 1. The summed E-state index contributed by atoms with van der Waals surface area (Å²) in [6.07, 6.45) is 2.30. The molecule has 3 heterocycles. The molecule has 0 bridgehead atoms. The van der Waals surface area contributed by atoms with Gasteiger partial charge in [-0.25, -0.2) is 0 Å². The highest BCUT2D eigenvalue weighted by Gasteiger charge is 2.50. The fraction of sp³-hybridized carbons (Fsp3) is 0.250. The van der Waals surface area contributed by atoms with Crippen molar-refractivity contribution >= 4 is 39.7 Å². The summed E-state index contributed by atoms with van der Waals surface area (Å²) in [6.45, 7) is 4.33. The van der Waals surface area contributed by atoms with Crippen LogP contribution in [-0.4, -0.2) is 33.8 Å². The number of likely N-dealkylation sites (tertiary alicyclic amines) is 1. The quantitative estimate of drug-likeness (QED) is 0.767. The monoisotopic (exact) mass is 365 g/mol. The van der Waals surface area contributed by atoms with E-state index in [1.165, 1.54) is 11.3 Å². The van der Waals surface area contributed by atoms with Crippen LogP contribution in [0.2, 0.25) is 0 Å². The summed E-state index contributed by atoms with van der Waals surface area (Å²) in [7, 11) is 0. The van der Waals surface area contributed by atoms with E-state index in [1.807, 2.05) is 55.6 Å². The lowest BCUT2D eigenvalue weighted by Gasteiger charge is -2.48. The summed E-state index contributed by atoms with van der Waals surface area (Å²) in [5, 5.41) is 5.80. The molecule has 0 saturated carbocycles. The van der Waals surface area contributed by atoms with Crippen LogP contribution in [0.3, 0.4) is 0 Å². The summed E-state index contributed by atoms with van der Waals surface area (Å²) in [4.78, 5) is 32.4. The fourth-order valence-electron chi connectivity index (χ4n) is 3.24. The third-order valence-corrected chi connectivity index (χ3v) is 6.06. The van der Waals surface area contributed by atoms with Crippen molar-refractivity contribution < 1.29 is 9.59 Å². The maximum Gasteiger partial charge on any atom is 0.265 e. The van der Waals surface area contributed by atoms with Gasteiger partial charge in [0.1, 0.15) is 5.54 Å². The number of rotatable bonds is 3. The highest BCUT2D eigenvalue weighted by atomic mass is 32.1. The van der Waals surface area contributed by atoms with E-state index in [0.29, 0.717) is 23.5 Å². The predicted molar refractivity (Wildman–Crippen MR) is 103 cm³/mol. The van der Waals surface area contributed by atoms with E-state index in [-0.39, 0.29) is 11.8 Å². The molecule has 132 valence electrons. The molecule has 2 amide bonds. The maximum absolute atomic E-state index is 12.9. The zero-order valence-corrected chi connectivity index (χ0v) is 15.5. The van der Waals surface area contributed by atoms with E-state index in [0.717, 1.165) is 16.5 Å². The number of carbonyl (C=O) groups is 2. The first kappa shape index (κ1) is 16.7. The van der Waals surface area contributed by atoms with E-state index >= 15 is 0 Å².